The van der Waals surface area contributed by atoms with E-state index in [0.29, 0.717) is 0 Å². The van der Waals surface area contributed by atoms with E-state index < -0.39 is 6.09 Å². The topological polar surface area (TPSA) is 52.3 Å². The Morgan fingerprint density at radius 2 is 2.30 bits per heavy atom. The molecule has 0 bridgehead atoms. The fourth-order valence-corrected chi connectivity index (χ4v) is 0.670. The van der Waals surface area contributed by atoms with Crippen LogP contribution in [0, 0.1) is 0 Å². The molecule has 0 rings (SSSR count). The summed E-state index contributed by atoms with van der Waals surface area (Å²) in [7, 11) is 0.0467. The lowest BCUT2D eigenvalue weighted by Gasteiger charge is -2.16. The second kappa shape index (κ2) is 3.57. The van der Waals surface area contributed by atoms with Gasteiger partial charge in [-0.15, -0.1) is 6.58 Å². The molecule has 2 N–H and O–H groups in total. The van der Waals surface area contributed by atoms with Crippen LogP contribution in [-0.4, -0.2) is 11.2 Å². The summed E-state index contributed by atoms with van der Waals surface area (Å²) >= 11 is 0. The fraction of sp³-hybridized carbons (Fsp3) is 0.500. The van der Waals surface area contributed by atoms with Gasteiger partial charge in [0, 0.05) is 5.16 Å². The molecule has 1 amide bonds. The lowest BCUT2D eigenvalue weighted by Crippen LogP contribution is -2.14. The second-order valence-electron chi connectivity index (χ2n) is 2.45. The Hall–Kier alpha value is -0.560. The zero-order valence-electron chi connectivity index (χ0n) is 6.18. The maximum absolute atomic E-state index is 10.1. The Balaban J connectivity index is 3.67. The molecule has 0 saturated heterocycles. The van der Waals surface area contributed by atoms with Crippen molar-refractivity contribution in [2.45, 2.75) is 19.0 Å². The predicted molar refractivity (Wildman–Crippen MR) is 43.3 cm³/mol. The van der Waals surface area contributed by atoms with Crippen molar-refractivity contribution < 1.29 is 9.32 Å². The zero-order chi connectivity index (χ0) is 8.20. The maximum atomic E-state index is 10.1. The summed E-state index contributed by atoms with van der Waals surface area (Å²) in [6.45, 7) is 7.42. The molecule has 10 heavy (non-hydrogen) atoms. The van der Waals surface area contributed by atoms with E-state index in [0.717, 1.165) is 0 Å². The van der Waals surface area contributed by atoms with Gasteiger partial charge in [-0.1, -0.05) is 6.08 Å². The first kappa shape index (κ1) is 9.44. The van der Waals surface area contributed by atoms with Gasteiger partial charge < -0.3 is 10.3 Å². The molecular formula is C6H12NO2P. The fourth-order valence-electron chi connectivity index (χ4n) is 0.223. The molecule has 0 aliphatic heterocycles. The number of rotatable bonds is 3. The molecule has 0 spiro atoms. The van der Waals surface area contributed by atoms with Crippen LogP contribution in [-0.2, 0) is 4.52 Å². The van der Waals surface area contributed by atoms with Crippen LogP contribution in [0.3, 0.4) is 0 Å². The van der Waals surface area contributed by atoms with E-state index in [4.69, 9.17) is 5.73 Å². The summed E-state index contributed by atoms with van der Waals surface area (Å²) in [4.78, 5) is 10.1. The molecule has 0 aromatic rings. The third-order valence-electron chi connectivity index (χ3n) is 0.925. The van der Waals surface area contributed by atoms with Gasteiger partial charge in [0.25, 0.3) is 0 Å². The smallest absolute Gasteiger partial charge is 0.406 e. The molecule has 1 atom stereocenters. The van der Waals surface area contributed by atoms with E-state index in [2.05, 4.69) is 11.1 Å². The minimum atomic E-state index is -0.728. The number of carbonyl (C=O) groups excluding carboxylic acids is 1. The molecule has 3 nitrogen and oxygen atoms in total. The minimum absolute atomic E-state index is 0.0467. The Morgan fingerprint density at radius 1 is 1.80 bits per heavy atom. The van der Waals surface area contributed by atoms with E-state index >= 15 is 0 Å². The largest absolute Gasteiger partial charge is 0.431 e. The van der Waals surface area contributed by atoms with Crippen LogP contribution >= 0.6 is 8.81 Å². The molecule has 4 heteroatoms. The summed E-state index contributed by atoms with van der Waals surface area (Å²) in [5.41, 5.74) is 4.77. The SMILES string of the molecule is C=CC(C)(C)POC(N)=O. The van der Waals surface area contributed by atoms with Crippen LogP contribution < -0.4 is 5.73 Å². The van der Waals surface area contributed by atoms with Crippen molar-refractivity contribution in [2.24, 2.45) is 5.73 Å². The van der Waals surface area contributed by atoms with E-state index in [9.17, 15) is 4.79 Å². The van der Waals surface area contributed by atoms with Gasteiger partial charge in [0.1, 0.15) is 0 Å². The van der Waals surface area contributed by atoms with Gasteiger partial charge in [0.05, 0.1) is 8.81 Å². The average molecular weight is 161 g/mol. The van der Waals surface area contributed by atoms with Gasteiger partial charge in [-0.05, 0) is 13.8 Å². The van der Waals surface area contributed by atoms with Crippen molar-refractivity contribution in [2.75, 3.05) is 0 Å². The first-order chi connectivity index (χ1) is 4.48. The van der Waals surface area contributed by atoms with E-state index in [-0.39, 0.29) is 14.0 Å². The Labute approximate surface area is 62.5 Å². The van der Waals surface area contributed by atoms with E-state index in [1.807, 2.05) is 13.8 Å². The average Bonchev–Trinajstić information content (AvgIpc) is 1.85. The van der Waals surface area contributed by atoms with Crippen molar-refractivity contribution in [1.29, 1.82) is 0 Å². The number of amides is 1. The molecule has 0 heterocycles. The highest BCUT2D eigenvalue weighted by atomic mass is 31.1. The number of hydrogen-bond acceptors (Lipinski definition) is 2. The van der Waals surface area contributed by atoms with Crippen LogP contribution in [0.15, 0.2) is 12.7 Å². The lowest BCUT2D eigenvalue weighted by molar-refractivity contribution is 0.216. The molecule has 0 aromatic heterocycles. The highest BCUT2D eigenvalue weighted by Crippen LogP contribution is 2.32. The summed E-state index contributed by atoms with van der Waals surface area (Å²) < 4.78 is 4.59. The van der Waals surface area contributed by atoms with Gasteiger partial charge in [-0.25, -0.2) is 4.79 Å². The highest BCUT2D eigenvalue weighted by molar-refractivity contribution is 7.35. The van der Waals surface area contributed by atoms with Crippen LogP contribution in [0.2, 0.25) is 0 Å². The quantitative estimate of drug-likeness (QED) is 0.505. The van der Waals surface area contributed by atoms with Crippen molar-refractivity contribution in [3.8, 4) is 0 Å². The monoisotopic (exact) mass is 161 g/mol. The van der Waals surface area contributed by atoms with Gasteiger partial charge in [-0.3, -0.25) is 0 Å². The molecular weight excluding hydrogens is 149 g/mol. The van der Waals surface area contributed by atoms with Gasteiger partial charge in [0.2, 0.25) is 0 Å². The third-order valence-corrected chi connectivity index (χ3v) is 1.96. The number of carbonyl (C=O) groups is 1. The Morgan fingerprint density at radius 3 is 2.60 bits per heavy atom. The molecule has 1 unspecified atom stereocenters. The lowest BCUT2D eigenvalue weighted by atomic mass is 10.2. The molecule has 0 fully saturated rings. The number of nitrogens with two attached hydrogens (primary N) is 1. The first-order valence-electron chi connectivity index (χ1n) is 2.85. The van der Waals surface area contributed by atoms with Crippen LogP contribution in [0.4, 0.5) is 4.79 Å². The van der Waals surface area contributed by atoms with Gasteiger partial charge in [-0.2, -0.15) is 0 Å². The normalized spacial score (nSPS) is 11.8. The number of allylic oxidation sites excluding steroid dienone is 1. The summed E-state index contributed by atoms with van der Waals surface area (Å²) in [5, 5.41) is -0.158. The number of primary amides is 1. The van der Waals surface area contributed by atoms with Crippen molar-refractivity contribution in [3.05, 3.63) is 12.7 Å². The second-order valence-corrected chi connectivity index (χ2v) is 4.15. The van der Waals surface area contributed by atoms with Gasteiger partial charge in [0.15, 0.2) is 0 Å². The highest BCUT2D eigenvalue weighted by Gasteiger charge is 2.14. The molecule has 58 valence electrons. The standard InChI is InChI=1S/C6H12NO2P/c1-4-6(2,3)10-9-5(7)8/h4,10H,1H2,2-3H3,(H2,7,8). The summed E-state index contributed by atoms with van der Waals surface area (Å²) in [6, 6.07) is 0. The summed E-state index contributed by atoms with van der Waals surface area (Å²) in [6.07, 6.45) is 1.00. The van der Waals surface area contributed by atoms with Crippen LogP contribution in [0.5, 0.6) is 0 Å². The molecule has 0 radical (unpaired) electrons. The predicted octanol–water partition coefficient (Wildman–Crippen LogP) is 1.64. The summed E-state index contributed by atoms with van der Waals surface area (Å²) in [5.74, 6) is 0. The molecule has 0 aliphatic carbocycles. The Kier molecular flexibility index (Phi) is 3.37. The minimum Gasteiger partial charge on any atom is -0.431 e. The van der Waals surface area contributed by atoms with Gasteiger partial charge >= 0.3 is 6.09 Å². The van der Waals surface area contributed by atoms with Crippen molar-refractivity contribution >= 4 is 14.9 Å². The zero-order valence-corrected chi connectivity index (χ0v) is 7.18. The van der Waals surface area contributed by atoms with Crippen LogP contribution in [0.1, 0.15) is 13.8 Å². The first-order valence-corrected chi connectivity index (χ1v) is 3.76. The van der Waals surface area contributed by atoms with Crippen LogP contribution in [0.25, 0.3) is 0 Å². The molecule has 0 aliphatic rings. The molecule has 0 aromatic carbocycles. The Bertz CT molecular complexity index is 145. The van der Waals surface area contributed by atoms with Crippen molar-refractivity contribution in [3.63, 3.8) is 0 Å². The molecule has 0 saturated carbocycles. The van der Waals surface area contributed by atoms with Crippen molar-refractivity contribution in [1.82, 2.24) is 0 Å². The van der Waals surface area contributed by atoms with E-state index in [1.54, 1.807) is 6.08 Å². The van der Waals surface area contributed by atoms with E-state index in [1.165, 1.54) is 0 Å². The third kappa shape index (κ3) is 4.33. The maximum Gasteiger partial charge on any atom is 0.406 e. The number of hydrogen-bond donors (Lipinski definition) is 1.